The molecule has 0 aliphatic heterocycles. The van der Waals surface area contributed by atoms with E-state index in [0.717, 1.165) is 42.5 Å². The van der Waals surface area contributed by atoms with Gasteiger partial charge in [0.1, 0.15) is 17.1 Å². The van der Waals surface area contributed by atoms with Crippen LogP contribution in [0.4, 0.5) is 13.2 Å². The molecule has 29 heavy (non-hydrogen) atoms. The number of esters is 1. The molecule has 0 unspecified atom stereocenters. The third-order valence-electron chi connectivity index (χ3n) is 4.99. The molecular formula is C21H21F3O5. The van der Waals surface area contributed by atoms with Crippen molar-refractivity contribution in [3.8, 4) is 23.0 Å². The summed E-state index contributed by atoms with van der Waals surface area (Å²) in [5.41, 5.74) is 2.13. The fourth-order valence-electron chi connectivity index (χ4n) is 3.35. The van der Waals surface area contributed by atoms with Gasteiger partial charge >= 0.3 is 12.3 Å². The predicted molar refractivity (Wildman–Crippen MR) is 98.9 cm³/mol. The van der Waals surface area contributed by atoms with Crippen LogP contribution in [-0.2, 0) is 4.74 Å². The smallest absolute Gasteiger partial charge is 0.493 e. The van der Waals surface area contributed by atoms with Crippen molar-refractivity contribution in [2.75, 3.05) is 14.2 Å². The summed E-state index contributed by atoms with van der Waals surface area (Å²) < 4.78 is 57.1. The fraction of sp³-hybridized carbons (Fsp3) is 0.381. The minimum Gasteiger partial charge on any atom is -0.493 e. The zero-order chi connectivity index (χ0) is 21.2. The monoisotopic (exact) mass is 410 g/mol. The molecule has 5 nitrogen and oxygen atoms in total. The molecule has 1 aliphatic carbocycles. The van der Waals surface area contributed by atoms with Gasteiger partial charge in [-0.15, -0.1) is 13.2 Å². The maximum Gasteiger partial charge on any atom is 0.573 e. The maximum atomic E-state index is 12.4. The average molecular weight is 410 g/mol. The van der Waals surface area contributed by atoms with E-state index in [9.17, 15) is 18.0 Å². The van der Waals surface area contributed by atoms with E-state index < -0.39 is 18.1 Å². The SMILES string of the molecule is COC(=O)c1c(Oc2ccc(OC(F)(F)F)cc2OC)ccc(C2CCC2)c1C. The second kappa shape index (κ2) is 8.23. The van der Waals surface area contributed by atoms with Crippen LogP contribution in [0.2, 0.25) is 0 Å². The van der Waals surface area contributed by atoms with Crippen molar-refractivity contribution in [3.63, 3.8) is 0 Å². The molecule has 2 aromatic rings. The molecule has 0 atom stereocenters. The molecule has 0 N–H and O–H groups in total. The molecule has 2 aromatic carbocycles. The molecule has 0 amide bonds. The first-order valence-corrected chi connectivity index (χ1v) is 9.07. The second-order valence-electron chi connectivity index (χ2n) is 6.73. The van der Waals surface area contributed by atoms with Gasteiger partial charge in [-0.1, -0.05) is 12.5 Å². The fourth-order valence-corrected chi connectivity index (χ4v) is 3.35. The van der Waals surface area contributed by atoms with Gasteiger partial charge in [0.05, 0.1) is 14.2 Å². The van der Waals surface area contributed by atoms with Gasteiger partial charge in [-0.3, -0.25) is 0 Å². The summed E-state index contributed by atoms with van der Waals surface area (Å²) in [6.07, 6.45) is -1.54. The zero-order valence-electron chi connectivity index (χ0n) is 16.3. The van der Waals surface area contributed by atoms with E-state index in [2.05, 4.69) is 4.74 Å². The van der Waals surface area contributed by atoms with Gasteiger partial charge in [0.15, 0.2) is 11.5 Å². The summed E-state index contributed by atoms with van der Waals surface area (Å²) in [5.74, 6) is -0.173. The van der Waals surface area contributed by atoms with Crippen LogP contribution in [0.5, 0.6) is 23.0 Å². The van der Waals surface area contributed by atoms with Crippen molar-refractivity contribution in [1.29, 1.82) is 0 Å². The highest BCUT2D eigenvalue weighted by Gasteiger charge is 2.32. The van der Waals surface area contributed by atoms with Gasteiger partial charge in [-0.05, 0) is 55.0 Å². The van der Waals surface area contributed by atoms with Crippen LogP contribution >= 0.6 is 0 Å². The lowest BCUT2D eigenvalue weighted by molar-refractivity contribution is -0.274. The van der Waals surface area contributed by atoms with Crippen LogP contribution in [0, 0.1) is 6.92 Å². The predicted octanol–water partition coefficient (Wildman–Crippen LogP) is 5.75. The number of alkyl halides is 3. The number of carbonyl (C=O) groups excluding carboxylic acids is 1. The Morgan fingerprint density at radius 1 is 1.03 bits per heavy atom. The van der Waals surface area contributed by atoms with Gasteiger partial charge < -0.3 is 18.9 Å². The Bertz CT molecular complexity index is 904. The standard InChI is InChI=1S/C21H21F3O5/c1-12-15(13-5-4-6-13)8-10-17(19(12)20(25)27-3)28-16-9-7-14(11-18(16)26-2)29-21(22,23)24/h7-11,13H,4-6H2,1-3H3. The van der Waals surface area contributed by atoms with Crippen molar-refractivity contribution in [2.24, 2.45) is 0 Å². The van der Waals surface area contributed by atoms with E-state index in [1.54, 1.807) is 6.07 Å². The number of rotatable bonds is 6. The number of methoxy groups -OCH3 is 2. The molecule has 1 saturated carbocycles. The van der Waals surface area contributed by atoms with Gasteiger partial charge in [0.2, 0.25) is 0 Å². The normalized spacial score (nSPS) is 14.1. The number of hydrogen-bond acceptors (Lipinski definition) is 5. The first kappa shape index (κ1) is 20.8. The highest BCUT2D eigenvalue weighted by Crippen LogP contribution is 2.42. The highest BCUT2D eigenvalue weighted by atomic mass is 19.4. The van der Waals surface area contributed by atoms with Crippen LogP contribution < -0.4 is 14.2 Å². The van der Waals surface area contributed by atoms with Crippen LogP contribution in [0.3, 0.4) is 0 Å². The maximum absolute atomic E-state index is 12.4. The van der Waals surface area contributed by atoms with E-state index >= 15 is 0 Å². The Labute approximate surface area is 166 Å². The Kier molecular flexibility index (Phi) is 5.91. The Balaban J connectivity index is 1.96. The number of hydrogen-bond donors (Lipinski definition) is 0. The molecule has 0 radical (unpaired) electrons. The summed E-state index contributed by atoms with van der Waals surface area (Å²) in [6, 6.07) is 7.05. The van der Waals surface area contributed by atoms with Crippen LogP contribution in [-0.4, -0.2) is 26.6 Å². The lowest BCUT2D eigenvalue weighted by atomic mass is 9.77. The molecule has 1 aliphatic rings. The van der Waals surface area contributed by atoms with E-state index in [1.165, 1.54) is 20.3 Å². The quantitative estimate of drug-likeness (QED) is 0.568. The minimum atomic E-state index is -4.82. The Morgan fingerprint density at radius 3 is 2.28 bits per heavy atom. The summed E-state index contributed by atoms with van der Waals surface area (Å²) in [6.45, 7) is 1.84. The lowest BCUT2D eigenvalue weighted by Gasteiger charge is -2.28. The van der Waals surface area contributed by atoms with Crippen molar-refractivity contribution in [2.45, 2.75) is 38.5 Å². The van der Waals surface area contributed by atoms with Crippen molar-refractivity contribution in [3.05, 3.63) is 47.0 Å². The van der Waals surface area contributed by atoms with Crippen LogP contribution in [0.25, 0.3) is 0 Å². The highest BCUT2D eigenvalue weighted by molar-refractivity contribution is 5.94. The molecule has 0 heterocycles. The molecule has 0 saturated heterocycles. The summed E-state index contributed by atoms with van der Waals surface area (Å²) >= 11 is 0. The molecule has 0 spiro atoms. The number of ether oxygens (including phenoxy) is 4. The van der Waals surface area contributed by atoms with E-state index in [1.807, 2.05) is 13.0 Å². The largest absolute Gasteiger partial charge is 0.573 e. The summed E-state index contributed by atoms with van der Waals surface area (Å²) in [7, 11) is 2.58. The first-order chi connectivity index (χ1) is 13.7. The molecule has 1 fully saturated rings. The first-order valence-electron chi connectivity index (χ1n) is 9.07. The molecule has 156 valence electrons. The number of carbonyl (C=O) groups is 1. The van der Waals surface area contributed by atoms with E-state index in [0.29, 0.717) is 5.92 Å². The summed E-state index contributed by atoms with van der Waals surface area (Å²) in [5, 5.41) is 0. The van der Waals surface area contributed by atoms with Crippen molar-refractivity contribution in [1.82, 2.24) is 0 Å². The molecule has 3 rings (SSSR count). The number of halogens is 3. The lowest BCUT2D eigenvalue weighted by Crippen LogP contribution is -2.17. The number of benzene rings is 2. The second-order valence-corrected chi connectivity index (χ2v) is 6.73. The van der Waals surface area contributed by atoms with Crippen LogP contribution in [0.1, 0.15) is 46.7 Å². The minimum absolute atomic E-state index is 0.0308. The van der Waals surface area contributed by atoms with Gasteiger partial charge in [0, 0.05) is 6.07 Å². The van der Waals surface area contributed by atoms with Crippen LogP contribution in [0.15, 0.2) is 30.3 Å². The molecule has 8 heteroatoms. The Morgan fingerprint density at radius 2 is 1.72 bits per heavy atom. The van der Waals surface area contributed by atoms with Gasteiger partial charge in [-0.2, -0.15) is 0 Å². The third-order valence-corrected chi connectivity index (χ3v) is 4.99. The van der Waals surface area contributed by atoms with Gasteiger partial charge in [0.25, 0.3) is 0 Å². The third kappa shape index (κ3) is 4.58. The molecular weight excluding hydrogens is 389 g/mol. The van der Waals surface area contributed by atoms with Gasteiger partial charge in [-0.25, -0.2) is 4.79 Å². The molecule has 0 aromatic heterocycles. The van der Waals surface area contributed by atoms with Crippen molar-refractivity contribution < 1.29 is 36.9 Å². The van der Waals surface area contributed by atoms with E-state index in [4.69, 9.17) is 14.2 Å². The molecule has 0 bridgehead atoms. The topological polar surface area (TPSA) is 54.0 Å². The zero-order valence-corrected chi connectivity index (χ0v) is 16.3. The van der Waals surface area contributed by atoms with Crippen molar-refractivity contribution >= 4 is 5.97 Å². The summed E-state index contributed by atoms with van der Waals surface area (Å²) in [4.78, 5) is 12.4. The Hall–Kier alpha value is -2.90. The average Bonchev–Trinajstić information content (AvgIpc) is 2.62. The van der Waals surface area contributed by atoms with E-state index in [-0.39, 0.29) is 22.8 Å².